The van der Waals surface area contributed by atoms with Crippen molar-refractivity contribution in [1.29, 1.82) is 0 Å². The maximum absolute atomic E-state index is 14.4. The third-order valence-corrected chi connectivity index (χ3v) is 3.63. The minimum atomic E-state index is -1.30. The monoisotopic (exact) mass is 290 g/mol. The molecule has 0 radical (unpaired) electrons. The van der Waals surface area contributed by atoms with Crippen molar-refractivity contribution in [3.8, 4) is 0 Å². The fourth-order valence-corrected chi connectivity index (χ4v) is 2.60. The van der Waals surface area contributed by atoms with Gasteiger partial charge in [0.2, 0.25) is 0 Å². The SMILES string of the molecule is Nc1cc(N2C(F)COCC2c2ccccc2)ccc1F. The number of hydrogen-bond acceptors (Lipinski definition) is 3. The fourth-order valence-electron chi connectivity index (χ4n) is 2.60. The molecule has 0 aromatic heterocycles. The molecule has 0 spiro atoms. The van der Waals surface area contributed by atoms with Crippen molar-refractivity contribution in [2.24, 2.45) is 0 Å². The number of nitrogen functional groups attached to an aromatic ring is 1. The molecular weight excluding hydrogens is 274 g/mol. The third-order valence-electron chi connectivity index (χ3n) is 3.63. The van der Waals surface area contributed by atoms with Gasteiger partial charge in [-0.05, 0) is 23.8 Å². The van der Waals surface area contributed by atoms with E-state index in [2.05, 4.69) is 0 Å². The molecule has 1 heterocycles. The molecule has 3 nitrogen and oxygen atoms in total. The Labute approximate surface area is 121 Å². The van der Waals surface area contributed by atoms with Crippen LogP contribution in [0, 0.1) is 5.82 Å². The molecule has 2 atom stereocenters. The Morgan fingerprint density at radius 3 is 2.57 bits per heavy atom. The van der Waals surface area contributed by atoms with Crippen molar-refractivity contribution in [1.82, 2.24) is 0 Å². The van der Waals surface area contributed by atoms with Crippen LogP contribution in [0.25, 0.3) is 0 Å². The average molecular weight is 290 g/mol. The van der Waals surface area contributed by atoms with Gasteiger partial charge in [-0.3, -0.25) is 0 Å². The molecule has 5 heteroatoms. The summed E-state index contributed by atoms with van der Waals surface area (Å²) in [6, 6.07) is 13.5. The second-order valence-corrected chi connectivity index (χ2v) is 5.01. The smallest absolute Gasteiger partial charge is 0.196 e. The van der Waals surface area contributed by atoms with Crippen molar-refractivity contribution in [2.75, 3.05) is 23.8 Å². The summed E-state index contributed by atoms with van der Waals surface area (Å²) in [5.74, 6) is -0.501. The molecule has 1 saturated heterocycles. The molecule has 110 valence electrons. The number of benzene rings is 2. The van der Waals surface area contributed by atoms with Gasteiger partial charge in [0.1, 0.15) is 5.82 Å². The van der Waals surface area contributed by atoms with Crippen LogP contribution in [-0.2, 0) is 4.74 Å². The highest BCUT2D eigenvalue weighted by molar-refractivity contribution is 5.58. The van der Waals surface area contributed by atoms with Gasteiger partial charge in [-0.1, -0.05) is 30.3 Å². The Balaban J connectivity index is 2.00. The van der Waals surface area contributed by atoms with Crippen LogP contribution in [-0.4, -0.2) is 19.5 Å². The molecule has 2 N–H and O–H groups in total. The van der Waals surface area contributed by atoms with E-state index in [0.717, 1.165) is 5.56 Å². The van der Waals surface area contributed by atoms with E-state index in [9.17, 15) is 8.78 Å². The van der Waals surface area contributed by atoms with Gasteiger partial charge in [-0.25, -0.2) is 8.78 Å². The van der Waals surface area contributed by atoms with Gasteiger partial charge in [0.15, 0.2) is 6.30 Å². The number of morpholine rings is 1. The van der Waals surface area contributed by atoms with Gasteiger partial charge in [-0.15, -0.1) is 0 Å². The predicted octanol–water partition coefficient (Wildman–Crippen LogP) is 3.28. The molecule has 1 aliphatic heterocycles. The standard InChI is InChI=1S/C16H16F2N2O/c17-13-7-6-12(8-14(13)19)20-15(9-21-10-16(20)18)11-4-2-1-3-5-11/h1-8,15-16H,9-10,19H2. The first-order chi connectivity index (χ1) is 10.2. The van der Waals surface area contributed by atoms with Gasteiger partial charge < -0.3 is 15.4 Å². The largest absolute Gasteiger partial charge is 0.396 e. The normalized spacial score (nSPS) is 22.3. The first-order valence-corrected chi connectivity index (χ1v) is 6.77. The fraction of sp³-hybridized carbons (Fsp3) is 0.250. The van der Waals surface area contributed by atoms with Gasteiger partial charge >= 0.3 is 0 Å². The average Bonchev–Trinajstić information content (AvgIpc) is 2.51. The number of anilines is 2. The summed E-state index contributed by atoms with van der Waals surface area (Å²) in [5, 5.41) is 0. The molecule has 21 heavy (non-hydrogen) atoms. The van der Waals surface area contributed by atoms with Crippen LogP contribution in [0.3, 0.4) is 0 Å². The van der Waals surface area contributed by atoms with Crippen LogP contribution in [0.2, 0.25) is 0 Å². The van der Waals surface area contributed by atoms with Crippen LogP contribution in [0.15, 0.2) is 48.5 Å². The van der Waals surface area contributed by atoms with Gasteiger partial charge in [0, 0.05) is 5.69 Å². The Hall–Kier alpha value is -2.14. The molecule has 2 aromatic rings. The lowest BCUT2D eigenvalue weighted by Crippen LogP contribution is -2.45. The topological polar surface area (TPSA) is 38.5 Å². The van der Waals surface area contributed by atoms with Crippen LogP contribution < -0.4 is 10.6 Å². The molecular formula is C16H16F2N2O. The van der Waals surface area contributed by atoms with Crippen molar-refractivity contribution in [3.05, 3.63) is 59.9 Å². The molecule has 2 unspecified atom stereocenters. The number of alkyl halides is 1. The summed E-state index contributed by atoms with van der Waals surface area (Å²) >= 11 is 0. The number of ether oxygens (including phenoxy) is 1. The maximum Gasteiger partial charge on any atom is 0.196 e. The van der Waals surface area contributed by atoms with E-state index >= 15 is 0 Å². The van der Waals surface area contributed by atoms with Crippen LogP contribution in [0.5, 0.6) is 0 Å². The van der Waals surface area contributed by atoms with Gasteiger partial charge in [-0.2, -0.15) is 0 Å². The Kier molecular flexibility index (Phi) is 3.75. The number of halogens is 2. The van der Waals surface area contributed by atoms with E-state index in [1.807, 2.05) is 30.3 Å². The summed E-state index contributed by atoms with van der Waals surface area (Å²) in [6.07, 6.45) is -1.30. The highest BCUT2D eigenvalue weighted by Gasteiger charge is 2.32. The second kappa shape index (κ2) is 5.69. The lowest BCUT2D eigenvalue weighted by atomic mass is 10.0. The first-order valence-electron chi connectivity index (χ1n) is 6.77. The van der Waals surface area contributed by atoms with E-state index in [4.69, 9.17) is 10.5 Å². The summed E-state index contributed by atoms with van der Waals surface area (Å²) in [5.41, 5.74) is 7.11. The van der Waals surface area contributed by atoms with Gasteiger partial charge in [0.25, 0.3) is 0 Å². The van der Waals surface area contributed by atoms with E-state index in [0.29, 0.717) is 12.3 Å². The zero-order valence-corrected chi connectivity index (χ0v) is 11.4. The molecule has 0 amide bonds. The van der Waals surface area contributed by atoms with Crippen molar-refractivity contribution in [3.63, 3.8) is 0 Å². The summed E-state index contributed by atoms with van der Waals surface area (Å²) in [6.45, 7) is 0.363. The first kappa shape index (κ1) is 13.8. The molecule has 0 aliphatic carbocycles. The van der Waals surface area contributed by atoms with Crippen molar-refractivity contribution >= 4 is 11.4 Å². The lowest BCUT2D eigenvalue weighted by molar-refractivity contribution is 0.0246. The van der Waals surface area contributed by atoms with Crippen molar-refractivity contribution < 1.29 is 13.5 Å². The molecule has 0 saturated carbocycles. The van der Waals surface area contributed by atoms with E-state index in [1.54, 1.807) is 11.0 Å². The summed E-state index contributed by atoms with van der Waals surface area (Å²) < 4.78 is 33.0. The number of nitrogens with two attached hydrogens (primary N) is 1. The summed E-state index contributed by atoms with van der Waals surface area (Å²) in [4.78, 5) is 1.59. The van der Waals surface area contributed by atoms with E-state index in [-0.39, 0.29) is 18.3 Å². The molecule has 3 rings (SSSR count). The number of rotatable bonds is 2. The van der Waals surface area contributed by atoms with Crippen LogP contribution in [0.1, 0.15) is 11.6 Å². The Bertz CT molecular complexity index is 621. The van der Waals surface area contributed by atoms with Crippen LogP contribution >= 0.6 is 0 Å². The quantitative estimate of drug-likeness (QED) is 0.681. The number of hydrogen-bond donors (Lipinski definition) is 1. The van der Waals surface area contributed by atoms with Gasteiger partial charge in [0.05, 0.1) is 24.9 Å². The lowest BCUT2D eigenvalue weighted by Gasteiger charge is -2.40. The Morgan fingerprint density at radius 2 is 1.86 bits per heavy atom. The van der Waals surface area contributed by atoms with E-state index in [1.165, 1.54) is 12.1 Å². The maximum atomic E-state index is 14.4. The van der Waals surface area contributed by atoms with E-state index < -0.39 is 12.1 Å². The predicted molar refractivity (Wildman–Crippen MR) is 78.2 cm³/mol. The number of nitrogens with zero attached hydrogens (tertiary/aromatic N) is 1. The summed E-state index contributed by atoms with van der Waals surface area (Å²) in [7, 11) is 0. The Morgan fingerprint density at radius 1 is 1.10 bits per heavy atom. The van der Waals surface area contributed by atoms with Crippen LogP contribution in [0.4, 0.5) is 20.2 Å². The minimum absolute atomic E-state index is 0.0120. The van der Waals surface area contributed by atoms with Crippen molar-refractivity contribution in [2.45, 2.75) is 12.3 Å². The molecule has 1 fully saturated rings. The second-order valence-electron chi connectivity index (χ2n) is 5.01. The highest BCUT2D eigenvalue weighted by atomic mass is 19.1. The zero-order chi connectivity index (χ0) is 14.8. The highest BCUT2D eigenvalue weighted by Crippen LogP contribution is 2.34. The third kappa shape index (κ3) is 2.69. The molecule has 1 aliphatic rings. The molecule has 2 aromatic carbocycles. The minimum Gasteiger partial charge on any atom is -0.396 e. The zero-order valence-electron chi connectivity index (χ0n) is 11.4. The molecule has 0 bridgehead atoms.